The number of carbonyl (C=O) groups is 6. The molecule has 4 aromatic carbocycles. The number of nitriles is 1. The normalized spacial score (nSPS) is 19.6. The Morgan fingerprint density at radius 2 is 1.71 bits per heavy atom. The number of hydrogen-bond acceptors (Lipinski definition) is 14. The first-order valence-corrected chi connectivity index (χ1v) is 26.0. The van der Waals surface area contributed by atoms with Gasteiger partial charge in [-0.3, -0.25) is 19.2 Å². The fraction of sp³-hybridized carbons (Fsp3) is 0.364. The van der Waals surface area contributed by atoms with E-state index in [0.717, 1.165) is 47.1 Å². The SMILES string of the molecule is C=C(COC(=O)N1C(=O)CCC(N2Cc3cc(CNC(=O)Nc4cccc(Cl)c4)ccc3C2=O)C1=O)C(=O)N1CCN(c2nc(OC[C@@H]3CCCN3C)nc3c2CCN(c2cccc4cccc(Cl)c24)C3)C[C@@H]1CC#N. The summed E-state index contributed by atoms with van der Waals surface area (Å²) in [6.45, 7) is 6.75. The number of urea groups is 1. The van der Waals surface area contributed by atoms with Crippen LogP contribution in [0.1, 0.15) is 64.8 Å². The molecule has 3 saturated heterocycles. The lowest BCUT2D eigenvalue weighted by atomic mass is 10.0. The highest BCUT2D eigenvalue weighted by Crippen LogP contribution is 2.38. The fourth-order valence-corrected chi connectivity index (χ4v) is 11.3. The molecule has 0 radical (unpaired) electrons. The van der Waals surface area contributed by atoms with Crippen molar-refractivity contribution in [1.82, 2.24) is 34.9 Å². The highest BCUT2D eigenvalue weighted by atomic mass is 35.5. The average Bonchev–Trinajstić information content (AvgIpc) is 4.00. The summed E-state index contributed by atoms with van der Waals surface area (Å²) in [5.74, 6) is -2.06. The predicted octanol–water partition coefficient (Wildman–Crippen LogP) is 7.09. The van der Waals surface area contributed by atoms with Gasteiger partial charge in [-0.25, -0.2) is 9.59 Å². The number of piperidine rings is 1. The van der Waals surface area contributed by atoms with Crippen LogP contribution in [0.2, 0.25) is 10.0 Å². The number of ether oxygens (including phenoxy) is 2. The predicted molar refractivity (Wildman–Crippen MR) is 284 cm³/mol. The molecular formula is C55H55Cl2N11O8. The van der Waals surface area contributed by atoms with Gasteiger partial charge in [0.25, 0.3) is 17.7 Å². The van der Waals surface area contributed by atoms with E-state index in [2.05, 4.69) is 51.1 Å². The number of nitrogens with zero attached hydrogens (tertiary/aromatic N) is 9. The molecule has 3 atom stereocenters. The van der Waals surface area contributed by atoms with Gasteiger partial charge in [0.1, 0.15) is 25.1 Å². The lowest BCUT2D eigenvalue weighted by Crippen LogP contribution is -2.57. The number of benzene rings is 4. The maximum absolute atomic E-state index is 14.1. The molecule has 0 aliphatic carbocycles. The van der Waals surface area contributed by atoms with Crippen molar-refractivity contribution < 1.29 is 38.2 Å². The number of likely N-dealkylation sites (N-methyl/N-ethyl adjacent to an activating group) is 1. The van der Waals surface area contributed by atoms with Crippen molar-refractivity contribution in [1.29, 1.82) is 5.26 Å². The second-order valence-electron chi connectivity index (χ2n) is 19.6. The van der Waals surface area contributed by atoms with Gasteiger partial charge in [0.2, 0.25) is 5.91 Å². The summed E-state index contributed by atoms with van der Waals surface area (Å²) in [4.78, 5) is 101. The van der Waals surface area contributed by atoms with Crippen LogP contribution in [-0.2, 0) is 45.2 Å². The summed E-state index contributed by atoms with van der Waals surface area (Å²) in [5.41, 5.74) is 4.81. The first-order chi connectivity index (χ1) is 36.7. The Morgan fingerprint density at radius 1 is 0.895 bits per heavy atom. The molecule has 10 rings (SSSR count). The molecule has 19 nitrogen and oxygen atoms in total. The van der Waals surface area contributed by atoms with Gasteiger partial charge in [0.15, 0.2) is 0 Å². The van der Waals surface area contributed by atoms with Crippen LogP contribution >= 0.6 is 23.2 Å². The second-order valence-corrected chi connectivity index (χ2v) is 20.5. The van der Waals surface area contributed by atoms with E-state index in [1.54, 1.807) is 42.5 Å². The Hall–Kier alpha value is -7.79. The number of fused-ring (bicyclic) bond motifs is 3. The summed E-state index contributed by atoms with van der Waals surface area (Å²) in [7, 11) is 2.08. The van der Waals surface area contributed by atoms with Gasteiger partial charge in [-0.1, -0.05) is 72.2 Å². The van der Waals surface area contributed by atoms with Crippen LogP contribution < -0.4 is 25.2 Å². The van der Waals surface area contributed by atoms with E-state index >= 15 is 0 Å². The topological polar surface area (TPSA) is 214 Å². The van der Waals surface area contributed by atoms with E-state index in [-0.39, 0.29) is 63.1 Å². The molecule has 21 heteroatoms. The van der Waals surface area contributed by atoms with Crippen LogP contribution in [0.4, 0.5) is 26.8 Å². The number of imide groups is 3. The third kappa shape index (κ3) is 10.7. The highest BCUT2D eigenvalue weighted by molar-refractivity contribution is 6.36. The van der Waals surface area contributed by atoms with Crippen molar-refractivity contribution in [2.24, 2.45) is 0 Å². The van der Waals surface area contributed by atoms with Crippen LogP contribution in [0.15, 0.2) is 91.0 Å². The van der Waals surface area contributed by atoms with Gasteiger partial charge in [0.05, 0.1) is 35.8 Å². The van der Waals surface area contributed by atoms with Crippen molar-refractivity contribution in [3.05, 3.63) is 129 Å². The summed E-state index contributed by atoms with van der Waals surface area (Å²) in [5, 5.41) is 18.6. The standard InChI is InChI=1S/C55H55Cl2N11O8/c1-33(31-76-55(74)68-47(69)17-16-46(52(68)72)67-28-36-25-34(14-15-41(36)51(67)71)27-59-53(73)60-38-10-5-9-37(56)26-38)50(70)66-24-23-65(29-39(66)18-20-58)49-42-19-22-64(45-13-4-8-35-7-3-12-43(57)48(35)45)30-44(42)61-54(62-49)75-32-40-11-6-21-63(40)2/h3-5,7-10,12-15,25-26,39-40,46H,1,6,11,16-19,21-24,27-32H2,2H3,(H2,59,60,73)/t39-,40-,46?/m0/s1. The molecule has 1 aromatic heterocycles. The Kier molecular flexibility index (Phi) is 15.1. The quantitative estimate of drug-likeness (QED) is 0.0890. The number of hydrogen-bond donors (Lipinski definition) is 2. The number of carbonyl (C=O) groups excluding carboxylic acids is 6. The maximum Gasteiger partial charge on any atom is 0.423 e. The Morgan fingerprint density at radius 3 is 2.50 bits per heavy atom. The monoisotopic (exact) mass is 1070 g/mol. The molecule has 6 heterocycles. The zero-order valence-corrected chi connectivity index (χ0v) is 43.3. The van der Waals surface area contributed by atoms with Gasteiger partial charge < -0.3 is 44.6 Å². The first kappa shape index (κ1) is 51.7. The average molecular weight is 1070 g/mol. The number of piperazine rings is 1. The van der Waals surface area contributed by atoms with Crippen molar-refractivity contribution in [2.75, 3.05) is 68.1 Å². The lowest BCUT2D eigenvalue weighted by Gasteiger charge is -2.42. The van der Waals surface area contributed by atoms with Gasteiger partial charge in [-0.15, -0.1) is 0 Å². The van der Waals surface area contributed by atoms with Crippen LogP contribution in [0.25, 0.3) is 10.8 Å². The third-order valence-corrected chi connectivity index (χ3v) is 15.3. The minimum atomic E-state index is -1.30. The number of anilines is 3. The van der Waals surface area contributed by atoms with Crippen LogP contribution in [0.5, 0.6) is 6.01 Å². The number of amides is 7. The Balaban J connectivity index is 0.778. The molecule has 0 spiro atoms. The molecule has 76 heavy (non-hydrogen) atoms. The number of halogens is 2. The third-order valence-electron chi connectivity index (χ3n) is 14.8. The molecule has 2 N–H and O–H groups in total. The minimum Gasteiger partial charge on any atom is -0.462 e. The van der Waals surface area contributed by atoms with Gasteiger partial charge >= 0.3 is 18.1 Å². The van der Waals surface area contributed by atoms with E-state index in [0.29, 0.717) is 75.8 Å². The summed E-state index contributed by atoms with van der Waals surface area (Å²) in [6.07, 6.45) is 1.14. The van der Waals surface area contributed by atoms with E-state index in [1.807, 2.05) is 30.3 Å². The second kappa shape index (κ2) is 22.2. The summed E-state index contributed by atoms with van der Waals surface area (Å²) >= 11 is 12.8. The number of likely N-dealkylation sites (tertiary alicyclic amines) is 2. The van der Waals surface area contributed by atoms with Crippen LogP contribution in [-0.4, -0.2) is 136 Å². The lowest BCUT2D eigenvalue weighted by molar-refractivity contribution is -0.149. The number of nitrogens with one attached hydrogen (secondary N) is 2. The molecule has 5 aliphatic heterocycles. The van der Waals surface area contributed by atoms with Gasteiger partial charge in [0, 0.05) is 90.2 Å². The molecular weight excluding hydrogens is 1010 g/mol. The molecule has 0 bridgehead atoms. The largest absolute Gasteiger partial charge is 0.462 e. The maximum atomic E-state index is 14.1. The molecule has 0 saturated carbocycles. The van der Waals surface area contributed by atoms with Crippen molar-refractivity contribution in [3.8, 4) is 12.1 Å². The number of aromatic nitrogens is 2. The van der Waals surface area contributed by atoms with Crippen molar-refractivity contribution in [3.63, 3.8) is 0 Å². The zero-order chi connectivity index (χ0) is 53.2. The van der Waals surface area contributed by atoms with E-state index < -0.39 is 54.4 Å². The molecule has 7 amide bonds. The van der Waals surface area contributed by atoms with E-state index in [1.165, 1.54) is 9.80 Å². The smallest absolute Gasteiger partial charge is 0.423 e. The molecule has 392 valence electrons. The fourth-order valence-electron chi connectivity index (χ4n) is 10.8. The van der Waals surface area contributed by atoms with Gasteiger partial charge in [-0.05, 0) is 92.2 Å². The Bertz CT molecular complexity index is 3220. The van der Waals surface area contributed by atoms with Crippen LogP contribution in [0.3, 0.4) is 0 Å². The Labute approximate surface area is 448 Å². The number of rotatable bonds is 13. The summed E-state index contributed by atoms with van der Waals surface area (Å²) < 4.78 is 11.8. The summed E-state index contributed by atoms with van der Waals surface area (Å²) in [6, 6.07) is 24.3. The van der Waals surface area contributed by atoms with Gasteiger partial charge in [-0.2, -0.15) is 20.1 Å². The molecule has 3 fully saturated rings. The highest BCUT2D eigenvalue weighted by Gasteiger charge is 2.46. The first-order valence-electron chi connectivity index (χ1n) is 25.3. The van der Waals surface area contributed by atoms with Crippen molar-refractivity contribution >= 4 is 86.9 Å². The van der Waals surface area contributed by atoms with E-state index in [9.17, 15) is 34.0 Å². The van der Waals surface area contributed by atoms with Crippen LogP contribution in [0, 0.1) is 11.3 Å². The molecule has 5 aliphatic rings. The molecule has 1 unspecified atom stereocenters. The molecule has 5 aromatic rings. The van der Waals surface area contributed by atoms with E-state index in [4.69, 9.17) is 42.6 Å². The zero-order valence-electron chi connectivity index (χ0n) is 41.8. The van der Waals surface area contributed by atoms with Crippen molar-refractivity contribution in [2.45, 2.75) is 76.3 Å². The minimum absolute atomic E-state index is 0.0141.